The molecule has 0 saturated heterocycles. The van der Waals surface area contributed by atoms with Crippen LogP contribution >= 0.6 is 11.6 Å². The zero-order valence-corrected chi connectivity index (χ0v) is 16.3. The number of rotatable bonds is 5. The van der Waals surface area contributed by atoms with Crippen molar-refractivity contribution in [3.8, 4) is 17.3 Å². The molecule has 144 valence electrons. The van der Waals surface area contributed by atoms with E-state index in [4.69, 9.17) is 21.1 Å². The highest BCUT2D eigenvalue weighted by atomic mass is 35.5. The van der Waals surface area contributed by atoms with Crippen molar-refractivity contribution in [3.05, 3.63) is 75.3 Å². The molecule has 0 atom stereocenters. The second-order valence-corrected chi connectivity index (χ2v) is 6.31. The van der Waals surface area contributed by atoms with E-state index in [9.17, 15) is 9.59 Å². The lowest BCUT2D eigenvalue weighted by atomic mass is 10.1. The number of nitrogens with zero attached hydrogens (tertiary/aromatic N) is 2. The van der Waals surface area contributed by atoms with Crippen LogP contribution in [0.15, 0.2) is 53.6 Å². The van der Waals surface area contributed by atoms with Gasteiger partial charge in [-0.1, -0.05) is 11.6 Å². The number of carbonyl (C=O) groups is 1. The Hall–Kier alpha value is -3.32. The first-order valence-electron chi connectivity index (χ1n) is 8.32. The van der Waals surface area contributed by atoms with E-state index in [0.717, 1.165) is 0 Å². The maximum atomic E-state index is 13.0. The number of carbonyl (C=O) groups excluding carboxylic acids is 1. The van der Waals surface area contributed by atoms with Crippen LogP contribution in [0.2, 0.25) is 5.02 Å². The average Bonchev–Trinajstić information content (AvgIpc) is 2.70. The van der Waals surface area contributed by atoms with Crippen LogP contribution in [-0.2, 0) is 0 Å². The molecule has 7 nitrogen and oxygen atoms in total. The van der Waals surface area contributed by atoms with Gasteiger partial charge in [-0.3, -0.25) is 14.2 Å². The van der Waals surface area contributed by atoms with E-state index in [1.54, 1.807) is 49.5 Å². The maximum absolute atomic E-state index is 13.0. The molecule has 3 rings (SSSR count). The number of aromatic nitrogens is 2. The van der Waals surface area contributed by atoms with Crippen LogP contribution in [0.3, 0.4) is 0 Å². The van der Waals surface area contributed by atoms with Gasteiger partial charge in [0.1, 0.15) is 11.3 Å². The minimum absolute atomic E-state index is 0.0187. The topological polar surface area (TPSA) is 82.4 Å². The first-order chi connectivity index (χ1) is 13.4. The number of hydrogen-bond acceptors (Lipinski definition) is 5. The summed E-state index contributed by atoms with van der Waals surface area (Å²) in [4.78, 5) is 29.8. The van der Waals surface area contributed by atoms with Crippen molar-refractivity contribution in [2.45, 2.75) is 6.92 Å². The van der Waals surface area contributed by atoms with Crippen LogP contribution in [0.25, 0.3) is 5.69 Å². The fraction of sp³-hybridized carbons (Fsp3) is 0.150. The van der Waals surface area contributed by atoms with Gasteiger partial charge in [0.05, 0.1) is 36.8 Å². The van der Waals surface area contributed by atoms with Crippen LogP contribution < -0.4 is 20.3 Å². The predicted molar refractivity (Wildman–Crippen MR) is 107 cm³/mol. The summed E-state index contributed by atoms with van der Waals surface area (Å²) < 4.78 is 11.5. The minimum Gasteiger partial charge on any atom is -0.497 e. The normalized spacial score (nSPS) is 10.4. The van der Waals surface area contributed by atoms with Gasteiger partial charge in [0.15, 0.2) is 0 Å². The molecule has 0 bridgehead atoms. The van der Waals surface area contributed by atoms with Crippen LogP contribution in [-0.4, -0.2) is 29.7 Å². The second kappa shape index (κ2) is 8.14. The summed E-state index contributed by atoms with van der Waals surface area (Å²) in [7, 11) is 3.03. The summed E-state index contributed by atoms with van der Waals surface area (Å²) in [5, 5.41) is 2.99. The van der Waals surface area contributed by atoms with Crippen molar-refractivity contribution in [2.24, 2.45) is 0 Å². The number of amides is 1. The Bertz CT molecular complexity index is 1080. The van der Waals surface area contributed by atoms with Gasteiger partial charge in [0.2, 0.25) is 5.88 Å². The van der Waals surface area contributed by atoms with Crippen LogP contribution in [0, 0.1) is 6.92 Å². The molecule has 2 aromatic heterocycles. The molecule has 2 heterocycles. The molecule has 0 radical (unpaired) electrons. The molecular weight excluding hydrogens is 382 g/mol. The third kappa shape index (κ3) is 3.84. The summed E-state index contributed by atoms with van der Waals surface area (Å²) in [5.74, 6) is 0.440. The number of halogens is 1. The van der Waals surface area contributed by atoms with Crippen molar-refractivity contribution in [3.63, 3.8) is 0 Å². The molecule has 0 aliphatic carbocycles. The van der Waals surface area contributed by atoms with E-state index in [-0.39, 0.29) is 5.56 Å². The van der Waals surface area contributed by atoms with E-state index < -0.39 is 11.5 Å². The molecule has 28 heavy (non-hydrogen) atoms. The first kappa shape index (κ1) is 19.4. The molecule has 0 aliphatic rings. The number of pyridine rings is 2. The summed E-state index contributed by atoms with van der Waals surface area (Å²) >= 11 is 6.18. The van der Waals surface area contributed by atoms with Gasteiger partial charge < -0.3 is 14.8 Å². The Morgan fingerprint density at radius 2 is 1.93 bits per heavy atom. The molecule has 0 saturated carbocycles. The highest BCUT2D eigenvalue weighted by Crippen LogP contribution is 2.27. The Kier molecular flexibility index (Phi) is 5.65. The molecule has 1 aromatic carbocycles. The van der Waals surface area contributed by atoms with E-state index in [1.807, 2.05) is 0 Å². The van der Waals surface area contributed by atoms with Crippen LogP contribution in [0.1, 0.15) is 15.9 Å². The van der Waals surface area contributed by atoms with Crippen molar-refractivity contribution in [1.29, 1.82) is 0 Å². The molecular formula is C20H18ClN3O4. The van der Waals surface area contributed by atoms with Crippen molar-refractivity contribution in [2.75, 3.05) is 19.5 Å². The zero-order chi connectivity index (χ0) is 20.3. The quantitative estimate of drug-likeness (QED) is 0.710. The van der Waals surface area contributed by atoms with Gasteiger partial charge in [-0.05, 0) is 36.8 Å². The Morgan fingerprint density at radius 3 is 2.54 bits per heavy atom. The van der Waals surface area contributed by atoms with Gasteiger partial charge in [0, 0.05) is 18.3 Å². The highest BCUT2D eigenvalue weighted by Gasteiger charge is 2.18. The van der Waals surface area contributed by atoms with Gasteiger partial charge in [0.25, 0.3) is 11.5 Å². The lowest BCUT2D eigenvalue weighted by Gasteiger charge is -2.12. The van der Waals surface area contributed by atoms with E-state index in [1.165, 1.54) is 25.0 Å². The molecule has 8 heteroatoms. The van der Waals surface area contributed by atoms with E-state index >= 15 is 0 Å². The summed E-state index contributed by atoms with van der Waals surface area (Å²) in [6.45, 7) is 1.70. The van der Waals surface area contributed by atoms with Crippen molar-refractivity contribution >= 4 is 23.2 Å². The van der Waals surface area contributed by atoms with Gasteiger partial charge in [-0.2, -0.15) is 0 Å². The smallest absolute Gasteiger partial charge is 0.268 e. The number of nitrogens with one attached hydrogen (secondary N) is 1. The third-order valence-corrected chi connectivity index (χ3v) is 4.47. The SMILES string of the molecule is COc1ccc(NC(=O)c2c(C)ccn(-c3ccc(OC)nc3)c2=O)c(Cl)c1. The Labute approximate surface area is 166 Å². The molecule has 3 aromatic rings. The highest BCUT2D eigenvalue weighted by molar-refractivity contribution is 6.34. The van der Waals surface area contributed by atoms with E-state index in [2.05, 4.69) is 10.3 Å². The third-order valence-electron chi connectivity index (χ3n) is 4.16. The monoisotopic (exact) mass is 399 g/mol. The number of ether oxygens (including phenoxy) is 2. The minimum atomic E-state index is -0.551. The molecule has 1 N–H and O–H groups in total. The standard InChI is InChI=1S/C20H18ClN3O4/c1-12-8-9-24(13-4-7-17(28-3)22-11-13)20(26)18(12)19(25)23-16-6-5-14(27-2)10-15(16)21/h4-11H,1-3H3,(H,23,25). The average molecular weight is 400 g/mol. The Balaban J connectivity index is 1.97. The van der Waals surface area contributed by atoms with Crippen molar-refractivity contribution < 1.29 is 14.3 Å². The summed E-state index contributed by atoms with van der Waals surface area (Å²) in [5.41, 5.74) is 0.999. The van der Waals surface area contributed by atoms with Gasteiger partial charge in [-0.15, -0.1) is 0 Å². The number of methoxy groups -OCH3 is 2. The van der Waals surface area contributed by atoms with Crippen LogP contribution in [0.4, 0.5) is 5.69 Å². The fourth-order valence-electron chi connectivity index (χ4n) is 2.65. The largest absolute Gasteiger partial charge is 0.497 e. The summed E-state index contributed by atoms with van der Waals surface area (Å²) in [6.07, 6.45) is 3.09. The lowest BCUT2D eigenvalue weighted by molar-refractivity contribution is 0.102. The number of hydrogen-bond donors (Lipinski definition) is 1. The fourth-order valence-corrected chi connectivity index (χ4v) is 2.87. The second-order valence-electron chi connectivity index (χ2n) is 5.91. The molecule has 0 fully saturated rings. The molecule has 0 spiro atoms. The van der Waals surface area contributed by atoms with Gasteiger partial charge >= 0.3 is 0 Å². The number of benzene rings is 1. The van der Waals surface area contributed by atoms with Gasteiger partial charge in [-0.25, -0.2) is 4.98 Å². The first-order valence-corrected chi connectivity index (χ1v) is 8.70. The number of anilines is 1. The summed E-state index contributed by atoms with van der Waals surface area (Å²) in [6, 6.07) is 9.87. The molecule has 0 unspecified atom stereocenters. The van der Waals surface area contributed by atoms with Crippen molar-refractivity contribution in [1.82, 2.24) is 9.55 Å². The van der Waals surface area contributed by atoms with Crippen LogP contribution in [0.5, 0.6) is 11.6 Å². The maximum Gasteiger partial charge on any atom is 0.268 e. The molecule has 0 aliphatic heterocycles. The zero-order valence-electron chi connectivity index (χ0n) is 15.5. The Morgan fingerprint density at radius 1 is 1.14 bits per heavy atom. The molecule has 1 amide bonds. The number of aryl methyl sites for hydroxylation is 1. The van der Waals surface area contributed by atoms with E-state index in [0.29, 0.717) is 33.6 Å². The predicted octanol–water partition coefficient (Wildman–Crippen LogP) is 3.46. The lowest BCUT2D eigenvalue weighted by Crippen LogP contribution is -2.29.